The topological polar surface area (TPSA) is 74.8 Å². The number of nitrogens with one attached hydrogen (secondary N) is 2. The van der Waals surface area contributed by atoms with Crippen LogP contribution >= 0.6 is 23.1 Å². The van der Waals surface area contributed by atoms with Gasteiger partial charge in [-0.05, 0) is 13.2 Å². The molecule has 0 saturated carbocycles. The van der Waals surface area contributed by atoms with Crippen LogP contribution in [0.4, 0.5) is 0 Å². The molecule has 4 N–H and O–H groups in total. The molecule has 13 heavy (non-hydrogen) atoms. The van der Waals surface area contributed by atoms with E-state index in [-0.39, 0.29) is 5.96 Å². The fourth-order valence-electron chi connectivity index (χ4n) is 0.832. The summed E-state index contributed by atoms with van der Waals surface area (Å²) < 4.78 is 0. The highest BCUT2D eigenvalue weighted by molar-refractivity contribution is 7.99. The number of thioether (sulfide) groups is 1. The van der Waals surface area contributed by atoms with Crippen molar-refractivity contribution in [1.29, 1.82) is 5.41 Å². The number of nitrogens with two attached hydrogens (primary N) is 1. The molecule has 1 unspecified atom stereocenters. The van der Waals surface area contributed by atoms with Crippen LogP contribution < -0.4 is 11.1 Å². The van der Waals surface area contributed by atoms with E-state index < -0.39 is 4.87 Å². The SMILES string of the molecule is [CH2]C(NC(=N)N)(SC)c1nccs1. The van der Waals surface area contributed by atoms with Gasteiger partial charge in [-0.15, -0.1) is 23.1 Å². The Balaban J connectivity index is 2.87. The highest BCUT2D eigenvalue weighted by Gasteiger charge is 2.28. The highest BCUT2D eigenvalue weighted by Crippen LogP contribution is 2.31. The van der Waals surface area contributed by atoms with Gasteiger partial charge in [-0.3, -0.25) is 5.41 Å². The first-order chi connectivity index (χ1) is 6.08. The van der Waals surface area contributed by atoms with Crippen molar-refractivity contribution in [2.45, 2.75) is 4.87 Å². The number of hydrogen-bond donors (Lipinski definition) is 3. The van der Waals surface area contributed by atoms with Crippen LogP contribution in [-0.2, 0) is 4.87 Å². The Bertz CT molecular complexity index is 285. The van der Waals surface area contributed by atoms with Gasteiger partial charge in [-0.2, -0.15) is 0 Å². The van der Waals surface area contributed by atoms with Gasteiger partial charge in [0.05, 0.1) is 0 Å². The second-order valence-electron chi connectivity index (χ2n) is 2.41. The van der Waals surface area contributed by atoms with E-state index in [1.807, 2.05) is 11.6 Å². The van der Waals surface area contributed by atoms with Crippen LogP contribution in [0.25, 0.3) is 0 Å². The Kier molecular flexibility index (Phi) is 3.16. The van der Waals surface area contributed by atoms with Gasteiger partial charge >= 0.3 is 0 Å². The normalized spacial score (nSPS) is 14.9. The average molecular weight is 215 g/mol. The zero-order chi connectivity index (χ0) is 9.90. The number of rotatable bonds is 3. The minimum atomic E-state index is -0.639. The van der Waals surface area contributed by atoms with Gasteiger partial charge in [0.25, 0.3) is 0 Å². The fraction of sp³-hybridized carbons (Fsp3) is 0.286. The Morgan fingerprint density at radius 2 is 2.62 bits per heavy atom. The third-order valence-electron chi connectivity index (χ3n) is 1.46. The number of guanidine groups is 1. The molecule has 0 spiro atoms. The molecule has 0 aliphatic rings. The summed E-state index contributed by atoms with van der Waals surface area (Å²) in [4.78, 5) is 3.49. The van der Waals surface area contributed by atoms with Gasteiger partial charge in [0.1, 0.15) is 9.88 Å². The summed E-state index contributed by atoms with van der Waals surface area (Å²) in [6.07, 6.45) is 3.60. The number of nitrogens with zero attached hydrogens (tertiary/aromatic N) is 1. The van der Waals surface area contributed by atoms with Crippen LogP contribution in [0.5, 0.6) is 0 Å². The molecule has 6 heteroatoms. The van der Waals surface area contributed by atoms with Crippen LogP contribution in [0, 0.1) is 12.3 Å². The summed E-state index contributed by atoms with van der Waals surface area (Å²) >= 11 is 2.95. The summed E-state index contributed by atoms with van der Waals surface area (Å²) in [5, 5.41) is 12.6. The molecule has 0 amide bonds. The second-order valence-corrected chi connectivity index (χ2v) is 4.41. The lowest BCUT2D eigenvalue weighted by molar-refractivity contribution is 0.702. The Morgan fingerprint density at radius 3 is 3.00 bits per heavy atom. The first kappa shape index (κ1) is 10.3. The molecule has 0 fully saturated rings. The second kappa shape index (κ2) is 3.97. The molecule has 1 atom stereocenters. The van der Waals surface area contributed by atoms with Crippen LogP contribution in [0.2, 0.25) is 0 Å². The zero-order valence-electron chi connectivity index (χ0n) is 7.20. The van der Waals surface area contributed by atoms with E-state index in [9.17, 15) is 0 Å². The summed E-state index contributed by atoms with van der Waals surface area (Å²) in [6.45, 7) is 3.95. The zero-order valence-corrected chi connectivity index (χ0v) is 8.84. The van der Waals surface area contributed by atoms with Gasteiger partial charge in [0.2, 0.25) is 0 Å². The van der Waals surface area contributed by atoms with E-state index in [2.05, 4.69) is 17.2 Å². The number of aromatic nitrogens is 1. The minimum absolute atomic E-state index is 0.0976. The maximum Gasteiger partial charge on any atom is 0.187 e. The van der Waals surface area contributed by atoms with Crippen LogP contribution in [0.3, 0.4) is 0 Å². The molecule has 0 saturated heterocycles. The van der Waals surface area contributed by atoms with E-state index in [0.29, 0.717) is 0 Å². The standard InChI is InChI=1S/C7H11N4S2/c1-7(12-2,11-6(8)9)5-10-3-4-13-5/h3-4H,1H2,2H3,(H4,8,9,11). The lowest BCUT2D eigenvalue weighted by Crippen LogP contribution is -2.44. The first-order valence-electron chi connectivity index (χ1n) is 3.51. The van der Waals surface area contributed by atoms with E-state index >= 15 is 0 Å². The van der Waals surface area contributed by atoms with Crippen molar-refractivity contribution in [3.05, 3.63) is 23.5 Å². The fourth-order valence-corrected chi connectivity index (χ4v) is 2.28. The van der Waals surface area contributed by atoms with Crippen molar-refractivity contribution in [2.24, 2.45) is 5.73 Å². The molecular weight excluding hydrogens is 204 g/mol. The van der Waals surface area contributed by atoms with Crippen molar-refractivity contribution >= 4 is 29.1 Å². The van der Waals surface area contributed by atoms with E-state index in [4.69, 9.17) is 11.1 Å². The first-order valence-corrected chi connectivity index (χ1v) is 5.61. The van der Waals surface area contributed by atoms with Crippen LogP contribution in [0.15, 0.2) is 11.6 Å². The smallest absolute Gasteiger partial charge is 0.187 e. The molecule has 0 aliphatic heterocycles. The van der Waals surface area contributed by atoms with Crippen molar-refractivity contribution in [2.75, 3.05) is 6.26 Å². The van der Waals surface area contributed by atoms with E-state index in [1.54, 1.807) is 6.20 Å². The van der Waals surface area contributed by atoms with E-state index in [0.717, 1.165) is 5.01 Å². The molecule has 4 nitrogen and oxygen atoms in total. The third-order valence-corrected chi connectivity index (χ3v) is 3.52. The summed E-state index contributed by atoms with van der Waals surface area (Å²) in [5.74, 6) is -0.0976. The Hall–Kier alpha value is -0.750. The maximum atomic E-state index is 7.15. The number of hydrogen-bond acceptors (Lipinski definition) is 4. The quantitative estimate of drug-likeness (QED) is 0.399. The Morgan fingerprint density at radius 1 is 1.92 bits per heavy atom. The van der Waals surface area contributed by atoms with Crippen molar-refractivity contribution in [1.82, 2.24) is 10.3 Å². The number of thiazole rings is 1. The van der Waals surface area contributed by atoms with Crippen LogP contribution in [-0.4, -0.2) is 17.2 Å². The summed E-state index contributed by atoms with van der Waals surface area (Å²) in [6, 6.07) is 0. The minimum Gasteiger partial charge on any atom is -0.370 e. The molecule has 0 aliphatic carbocycles. The molecule has 1 aromatic rings. The summed E-state index contributed by atoms with van der Waals surface area (Å²) in [7, 11) is 0. The lowest BCUT2D eigenvalue weighted by atomic mass is 10.3. The predicted octanol–water partition coefficient (Wildman–Crippen LogP) is 0.976. The molecule has 1 radical (unpaired) electrons. The van der Waals surface area contributed by atoms with Gasteiger partial charge in [0.15, 0.2) is 5.96 Å². The highest BCUT2D eigenvalue weighted by atomic mass is 32.2. The summed E-state index contributed by atoms with van der Waals surface area (Å²) in [5.41, 5.74) is 5.26. The maximum absolute atomic E-state index is 7.15. The van der Waals surface area contributed by atoms with E-state index in [1.165, 1.54) is 23.1 Å². The van der Waals surface area contributed by atoms with Gasteiger partial charge in [-0.1, -0.05) is 0 Å². The Labute approximate surface area is 85.4 Å². The van der Waals surface area contributed by atoms with Gasteiger partial charge in [-0.25, -0.2) is 4.98 Å². The largest absolute Gasteiger partial charge is 0.370 e. The lowest BCUT2D eigenvalue weighted by Gasteiger charge is -2.26. The van der Waals surface area contributed by atoms with Crippen molar-refractivity contribution in [3.63, 3.8) is 0 Å². The molecule has 1 aromatic heterocycles. The molecule has 0 bridgehead atoms. The third kappa shape index (κ3) is 2.35. The van der Waals surface area contributed by atoms with Crippen molar-refractivity contribution in [3.8, 4) is 0 Å². The van der Waals surface area contributed by atoms with Gasteiger partial charge in [0, 0.05) is 11.6 Å². The van der Waals surface area contributed by atoms with Gasteiger partial charge < -0.3 is 11.1 Å². The monoisotopic (exact) mass is 215 g/mol. The average Bonchev–Trinajstić information content (AvgIpc) is 2.55. The molecule has 0 aromatic carbocycles. The van der Waals surface area contributed by atoms with Crippen molar-refractivity contribution < 1.29 is 0 Å². The molecule has 1 rings (SSSR count). The molecule has 71 valence electrons. The van der Waals surface area contributed by atoms with Crippen LogP contribution in [0.1, 0.15) is 5.01 Å². The molecule has 1 heterocycles. The predicted molar refractivity (Wildman–Crippen MR) is 57.7 cm³/mol. The molecular formula is C7H11N4S2.